The zero-order chi connectivity index (χ0) is 4.99. The fourth-order valence-electron chi connectivity index (χ4n) is 0.124. The Balaban J connectivity index is 3.50. The number of carbonyl (C=O) groups excluding carboxylic acids is 1. The van der Waals surface area contributed by atoms with Crippen LogP contribution >= 0.6 is 0 Å². The van der Waals surface area contributed by atoms with E-state index in [0.717, 1.165) is 0 Å². The molecule has 0 radical (unpaired) electrons. The van der Waals surface area contributed by atoms with Crippen molar-refractivity contribution in [2.24, 2.45) is 0 Å². The second kappa shape index (κ2) is 2.34. The maximum Gasteiger partial charge on any atom is 0.105 e. The normalized spacial score (nSPS) is 5.50. The van der Waals surface area contributed by atoms with E-state index in [1.807, 2.05) is 0 Å². The fraction of sp³-hybridized carbons (Fsp3) is 0.200. The minimum Gasteiger partial charge on any atom is -0.309 e. The molecule has 1 nitrogen and oxygen atoms in total. The molecule has 0 aromatic rings. The molecule has 0 atom stereocenters. The maximum absolute atomic E-state index is 9.83. The lowest BCUT2D eigenvalue weighted by Gasteiger charge is -1.75. The molecule has 0 amide bonds. The number of hydrogen-bond donors (Lipinski definition) is 0. The third kappa shape index (κ3) is 3.10. The van der Waals surface area contributed by atoms with E-state index in [1.165, 1.54) is 6.92 Å². The van der Waals surface area contributed by atoms with Crippen molar-refractivity contribution in [3.8, 4) is 11.8 Å². The van der Waals surface area contributed by atoms with Gasteiger partial charge in [-0.2, -0.15) is 6.92 Å². The summed E-state index contributed by atoms with van der Waals surface area (Å²) in [4.78, 5) is 9.83. The highest BCUT2D eigenvalue weighted by Gasteiger charge is 1.61. The molecule has 0 fully saturated rings. The van der Waals surface area contributed by atoms with Gasteiger partial charge in [0.25, 0.3) is 0 Å². The predicted molar refractivity (Wildman–Crippen MR) is 23.8 cm³/mol. The number of hydrogen-bond acceptors (Lipinski definition) is 1. The van der Waals surface area contributed by atoms with E-state index >= 15 is 0 Å². The van der Waals surface area contributed by atoms with E-state index in [4.69, 9.17) is 0 Å². The third-order valence-electron chi connectivity index (χ3n) is 0.264. The van der Waals surface area contributed by atoms with Crippen LogP contribution in [0.3, 0.4) is 0 Å². The van der Waals surface area contributed by atoms with Crippen LogP contribution < -0.4 is 0 Å². The Hall–Kier alpha value is -0.900. The molecule has 0 heterocycles. The van der Waals surface area contributed by atoms with Gasteiger partial charge in [0.05, 0.1) is 0 Å². The van der Waals surface area contributed by atoms with Gasteiger partial charge in [-0.3, -0.25) is 11.8 Å². The van der Waals surface area contributed by atoms with E-state index < -0.39 is 0 Å². The predicted octanol–water partition coefficient (Wildman–Crippen LogP) is 0.413. The molecule has 0 aliphatic rings. The van der Waals surface area contributed by atoms with Crippen molar-refractivity contribution in [1.82, 2.24) is 0 Å². The zero-order valence-corrected chi connectivity index (χ0v) is 3.62. The van der Waals surface area contributed by atoms with Gasteiger partial charge in [0.2, 0.25) is 0 Å². The van der Waals surface area contributed by atoms with Crippen molar-refractivity contribution in [1.29, 1.82) is 0 Å². The third-order valence-corrected chi connectivity index (χ3v) is 0.264. The molecule has 0 aliphatic heterocycles. The lowest BCUT2D eigenvalue weighted by molar-refractivity contribution is -0.111. The molecule has 1 heteroatoms. The summed E-state index contributed by atoms with van der Waals surface area (Å²) in [6, 6.07) is 0. The van der Waals surface area contributed by atoms with E-state index in [2.05, 4.69) is 18.8 Å². The average molecular weight is 81.1 g/mol. The second-order valence-electron chi connectivity index (χ2n) is 0.858. The molecular weight excluding hydrogens is 76.1 g/mol. The Kier molecular flexibility index (Phi) is 1.99. The van der Waals surface area contributed by atoms with Crippen LogP contribution in [0.25, 0.3) is 0 Å². The highest BCUT2D eigenvalue weighted by Crippen LogP contribution is 1.56. The minimum atomic E-state index is -0.134. The quantitative estimate of drug-likeness (QED) is 0.234. The largest absolute Gasteiger partial charge is 0.309 e. The first-order valence-electron chi connectivity index (χ1n) is 1.56. The van der Waals surface area contributed by atoms with Gasteiger partial charge in [-0.05, 0) is 6.92 Å². The van der Waals surface area contributed by atoms with Crippen LogP contribution in [0.5, 0.6) is 0 Å². The van der Waals surface area contributed by atoms with E-state index in [-0.39, 0.29) is 5.78 Å². The van der Waals surface area contributed by atoms with Gasteiger partial charge in [-0.25, -0.2) is 0 Å². The van der Waals surface area contributed by atoms with Crippen LogP contribution in [0, 0.1) is 18.8 Å². The first-order valence-corrected chi connectivity index (χ1v) is 1.56. The standard InChI is InChI=1S/C5H5O/c1-3-4-5(2)6/h1H2,2H3/q-1. The molecule has 0 saturated heterocycles. The summed E-state index contributed by atoms with van der Waals surface area (Å²) < 4.78 is 0. The first kappa shape index (κ1) is 5.10. The van der Waals surface area contributed by atoms with Crippen LogP contribution in [-0.4, -0.2) is 5.78 Å². The summed E-state index contributed by atoms with van der Waals surface area (Å²) in [7, 11) is 0. The molecule has 0 aromatic heterocycles. The molecule has 0 aliphatic carbocycles. The van der Waals surface area contributed by atoms with Crippen molar-refractivity contribution in [3.63, 3.8) is 0 Å². The van der Waals surface area contributed by atoms with Crippen LogP contribution in [-0.2, 0) is 4.79 Å². The smallest absolute Gasteiger partial charge is 0.105 e. The molecule has 0 bridgehead atoms. The minimum absolute atomic E-state index is 0.134. The molecule has 0 N–H and O–H groups in total. The fourth-order valence-corrected chi connectivity index (χ4v) is 0.124. The molecule has 0 unspecified atom stereocenters. The van der Waals surface area contributed by atoms with Gasteiger partial charge in [-0.15, -0.1) is 0 Å². The molecule has 6 heavy (non-hydrogen) atoms. The summed E-state index contributed by atoms with van der Waals surface area (Å²) in [5.74, 6) is 4.29. The highest BCUT2D eigenvalue weighted by molar-refractivity contribution is 5.93. The molecule has 0 saturated carbocycles. The lowest BCUT2D eigenvalue weighted by Crippen LogP contribution is -1.77. The number of Topliss-reactive ketones (excluding diaryl/α,β-unsaturated/α-hetero) is 1. The SMILES string of the molecule is [CH2-]C#CC(C)=O. The lowest BCUT2D eigenvalue weighted by atomic mass is 10.4. The number of rotatable bonds is 0. The zero-order valence-electron chi connectivity index (χ0n) is 3.62. The van der Waals surface area contributed by atoms with E-state index in [9.17, 15) is 4.79 Å². The van der Waals surface area contributed by atoms with Crippen molar-refractivity contribution in [3.05, 3.63) is 6.92 Å². The molecule has 32 valence electrons. The molecule has 0 rings (SSSR count). The Labute approximate surface area is 37.4 Å². The van der Waals surface area contributed by atoms with Crippen LogP contribution in [0.2, 0.25) is 0 Å². The average Bonchev–Trinajstić information content (AvgIpc) is 1.35. The van der Waals surface area contributed by atoms with Gasteiger partial charge >= 0.3 is 0 Å². The van der Waals surface area contributed by atoms with Crippen molar-refractivity contribution in [2.45, 2.75) is 6.92 Å². The topological polar surface area (TPSA) is 17.1 Å². The Morgan fingerprint density at radius 2 is 2.33 bits per heavy atom. The molecular formula is C5H5O-. The van der Waals surface area contributed by atoms with Gasteiger partial charge < -0.3 is 4.79 Å². The van der Waals surface area contributed by atoms with Gasteiger partial charge in [0, 0.05) is 0 Å². The van der Waals surface area contributed by atoms with Gasteiger partial charge in [0.15, 0.2) is 0 Å². The first-order chi connectivity index (χ1) is 2.77. The van der Waals surface area contributed by atoms with E-state index in [0.29, 0.717) is 0 Å². The molecule has 0 aromatic carbocycles. The van der Waals surface area contributed by atoms with E-state index in [1.54, 1.807) is 0 Å². The van der Waals surface area contributed by atoms with Gasteiger partial charge in [0.1, 0.15) is 5.78 Å². The summed E-state index contributed by atoms with van der Waals surface area (Å²) in [5.41, 5.74) is 0. The van der Waals surface area contributed by atoms with Crippen LogP contribution in [0.15, 0.2) is 0 Å². The highest BCUT2D eigenvalue weighted by atomic mass is 16.1. The van der Waals surface area contributed by atoms with Crippen LogP contribution in [0.1, 0.15) is 6.92 Å². The van der Waals surface area contributed by atoms with Crippen molar-refractivity contribution >= 4 is 5.78 Å². The monoisotopic (exact) mass is 81.0 g/mol. The Bertz CT molecular complexity index is 103. The molecule has 0 spiro atoms. The Morgan fingerprint density at radius 3 is 2.33 bits per heavy atom. The second-order valence-corrected chi connectivity index (χ2v) is 0.858. The van der Waals surface area contributed by atoms with Crippen molar-refractivity contribution < 1.29 is 4.79 Å². The summed E-state index contributed by atoms with van der Waals surface area (Å²) in [6.45, 7) is 4.54. The van der Waals surface area contributed by atoms with Crippen molar-refractivity contribution in [2.75, 3.05) is 0 Å². The number of carbonyl (C=O) groups is 1. The summed E-state index contributed by atoms with van der Waals surface area (Å²) in [6.07, 6.45) is 0. The summed E-state index contributed by atoms with van der Waals surface area (Å²) in [5, 5.41) is 0. The Morgan fingerprint density at radius 1 is 1.83 bits per heavy atom. The summed E-state index contributed by atoms with van der Waals surface area (Å²) >= 11 is 0. The number of ketones is 1. The van der Waals surface area contributed by atoms with Crippen LogP contribution in [0.4, 0.5) is 0 Å². The van der Waals surface area contributed by atoms with Gasteiger partial charge in [-0.1, -0.05) is 0 Å². The maximum atomic E-state index is 9.83.